The summed E-state index contributed by atoms with van der Waals surface area (Å²) < 4.78 is 46.7. The number of alkyl halides is 3. The Morgan fingerprint density at radius 1 is 1.02 bits per heavy atom. The van der Waals surface area contributed by atoms with Gasteiger partial charge < -0.3 is 9.84 Å². The molecule has 1 heterocycles. The van der Waals surface area contributed by atoms with Crippen molar-refractivity contribution in [2.75, 3.05) is 39.3 Å². The van der Waals surface area contributed by atoms with E-state index in [1.54, 1.807) is 6.07 Å². The number of rotatable bonds is 13. The van der Waals surface area contributed by atoms with Crippen LogP contribution < -0.4 is 0 Å². The number of benzene rings is 3. The Balaban J connectivity index is 1.49. The number of halogens is 4. The first-order valence-corrected chi connectivity index (χ1v) is 13.8. The standard InChI is InChI=1S/C31H34ClF3N2O3/c32-30-25(13-7-14-28(30)31(33,34)35)19-36(16-8-18-40-26-15-17-37(20-26)22-29(38)39)21-27(23-9-3-1-4-10-23)24-11-5-2-6-12-24/h1-7,9-14,26-27H,8,15-22H2,(H,38,39). The smallest absolute Gasteiger partial charge is 0.417 e. The van der Waals surface area contributed by atoms with Crippen LogP contribution in [-0.4, -0.2) is 66.3 Å². The molecule has 1 atom stereocenters. The summed E-state index contributed by atoms with van der Waals surface area (Å²) in [5, 5.41) is 8.75. The maximum Gasteiger partial charge on any atom is 0.417 e. The van der Waals surface area contributed by atoms with Crippen molar-refractivity contribution in [1.82, 2.24) is 9.80 Å². The van der Waals surface area contributed by atoms with E-state index >= 15 is 0 Å². The van der Waals surface area contributed by atoms with Crippen LogP contribution in [0.5, 0.6) is 0 Å². The van der Waals surface area contributed by atoms with Crippen LogP contribution in [0.1, 0.15) is 41.0 Å². The van der Waals surface area contributed by atoms with E-state index in [4.69, 9.17) is 21.4 Å². The SMILES string of the molecule is O=C(O)CN1CCC(OCCCN(Cc2cccc(C(F)(F)F)c2Cl)CC(c2ccccc2)c2ccccc2)C1. The van der Waals surface area contributed by atoms with E-state index in [1.165, 1.54) is 6.07 Å². The van der Waals surface area contributed by atoms with Crippen LogP contribution in [0, 0.1) is 0 Å². The molecule has 0 bridgehead atoms. The second kappa shape index (κ2) is 14.1. The van der Waals surface area contributed by atoms with E-state index in [2.05, 4.69) is 29.2 Å². The lowest BCUT2D eigenvalue weighted by atomic mass is 9.90. The Kier molecular flexibility index (Phi) is 10.6. The zero-order chi connectivity index (χ0) is 28.5. The molecule has 5 nitrogen and oxygen atoms in total. The molecule has 1 aliphatic rings. The summed E-state index contributed by atoms with van der Waals surface area (Å²) in [4.78, 5) is 15.0. The lowest BCUT2D eigenvalue weighted by molar-refractivity contribution is -0.138. The predicted molar refractivity (Wildman–Crippen MR) is 150 cm³/mol. The Bertz CT molecular complexity index is 1190. The van der Waals surface area contributed by atoms with Gasteiger partial charge in [0.05, 0.1) is 23.2 Å². The highest BCUT2D eigenvalue weighted by molar-refractivity contribution is 6.32. The summed E-state index contributed by atoms with van der Waals surface area (Å²) in [6, 6.07) is 24.2. The van der Waals surface area contributed by atoms with Gasteiger partial charge in [0, 0.05) is 45.2 Å². The Hall–Kier alpha value is -2.91. The summed E-state index contributed by atoms with van der Waals surface area (Å²) >= 11 is 6.29. The molecule has 1 fully saturated rings. The number of likely N-dealkylation sites (tertiary alicyclic amines) is 1. The molecule has 9 heteroatoms. The minimum atomic E-state index is -4.53. The average Bonchev–Trinajstić information content (AvgIpc) is 3.37. The monoisotopic (exact) mass is 574 g/mol. The van der Waals surface area contributed by atoms with Crippen molar-refractivity contribution >= 4 is 17.6 Å². The van der Waals surface area contributed by atoms with Crippen molar-refractivity contribution in [2.45, 2.75) is 37.6 Å². The first-order chi connectivity index (χ1) is 19.2. The number of aliphatic carboxylic acids is 1. The first-order valence-electron chi connectivity index (χ1n) is 13.4. The molecule has 3 aromatic carbocycles. The second-order valence-corrected chi connectivity index (χ2v) is 10.5. The maximum absolute atomic E-state index is 13.6. The Labute approximate surface area is 238 Å². The van der Waals surface area contributed by atoms with Gasteiger partial charge in [-0.3, -0.25) is 14.6 Å². The molecule has 3 aromatic rings. The second-order valence-electron chi connectivity index (χ2n) is 10.1. The molecule has 4 rings (SSSR count). The lowest BCUT2D eigenvalue weighted by Crippen LogP contribution is -2.31. The molecule has 40 heavy (non-hydrogen) atoms. The largest absolute Gasteiger partial charge is 0.480 e. The molecule has 0 spiro atoms. The van der Waals surface area contributed by atoms with E-state index in [9.17, 15) is 18.0 Å². The van der Waals surface area contributed by atoms with Gasteiger partial charge >= 0.3 is 12.1 Å². The molecule has 0 amide bonds. The molecule has 0 aromatic heterocycles. The summed E-state index contributed by atoms with van der Waals surface area (Å²) in [6.45, 7) is 3.18. The normalized spacial score (nSPS) is 16.2. The lowest BCUT2D eigenvalue weighted by Gasteiger charge is -2.29. The van der Waals surface area contributed by atoms with Crippen LogP contribution in [-0.2, 0) is 22.3 Å². The molecular weight excluding hydrogens is 541 g/mol. The van der Waals surface area contributed by atoms with Gasteiger partial charge in [0.2, 0.25) is 0 Å². The summed E-state index contributed by atoms with van der Waals surface area (Å²) in [5.41, 5.74) is 1.84. The van der Waals surface area contributed by atoms with Crippen molar-refractivity contribution in [3.8, 4) is 0 Å². The maximum atomic E-state index is 13.6. The molecule has 0 aliphatic carbocycles. The fourth-order valence-corrected chi connectivity index (χ4v) is 5.53. The topological polar surface area (TPSA) is 53.0 Å². The van der Waals surface area contributed by atoms with Crippen LogP contribution in [0.4, 0.5) is 13.2 Å². The van der Waals surface area contributed by atoms with E-state index in [-0.39, 0.29) is 30.1 Å². The third-order valence-electron chi connectivity index (χ3n) is 7.18. The van der Waals surface area contributed by atoms with Crippen LogP contribution >= 0.6 is 11.6 Å². The van der Waals surface area contributed by atoms with Crippen molar-refractivity contribution in [3.05, 3.63) is 106 Å². The van der Waals surface area contributed by atoms with E-state index < -0.39 is 17.7 Å². The highest BCUT2D eigenvalue weighted by Crippen LogP contribution is 2.37. The molecule has 214 valence electrons. The fraction of sp³-hybridized carbons (Fsp3) is 0.387. The van der Waals surface area contributed by atoms with Crippen molar-refractivity contribution in [2.24, 2.45) is 0 Å². The summed E-state index contributed by atoms with van der Waals surface area (Å²) in [7, 11) is 0. The van der Waals surface area contributed by atoms with Crippen molar-refractivity contribution in [1.29, 1.82) is 0 Å². The highest BCUT2D eigenvalue weighted by atomic mass is 35.5. The predicted octanol–water partition coefficient (Wildman–Crippen LogP) is 6.56. The first kappa shape index (κ1) is 30.1. The number of nitrogens with zero attached hydrogens (tertiary/aromatic N) is 2. The van der Waals surface area contributed by atoms with Gasteiger partial charge in [0.25, 0.3) is 0 Å². The van der Waals surface area contributed by atoms with Crippen molar-refractivity contribution in [3.63, 3.8) is 0 Å². The van der Waals surface area contributed by atoms with Gasteiger partial charge in [-0.15, -0.1) is 0 Å². The molecule has 1 aliphatic heterocycles. The third kappa shape index (κ3) is 8.54. The number of hydrogen-bond donors (Lipinski definition) is 1. The van der Waals surface area contributed by atoms with Gasteiger partial charge in [-0.2, -0.15) is 13.2 Å². The average molecular weight is 575 g/mol. The van der Waals surface area contributed by atoms with E-state index in [0.717, 1.165) is 23.6 Å². The molecule has 0 radical (unpaired) electrons. The third-order valence-corrected chi connectivity index (χ3v) is 7.63. The van der Waals surface area contributed by atoms with Gasteiger partial charge in [-0.25, -0.2) is 0 Å². The fourth-order valence-electron chi connectivity index (χ4n) is 5.24. The van der Waals surface area contributed by atoms with Gasteiger partial charge in [0.1, 0.15) is 0 Å². The van der Waals surface area contributed by atoms with Gasteiger partial charge in [0.15, 0.2) is 0 Å². The molecule has 1 unspecified atom stereocenters. The van der Waals surface area contributed by atoms with E-state index in [0.29, 0.717) is 44.8 Å². The number of carboxylic acids is 1. The molecule has 1 N–H and O–H groups in total. The zero-order valence-corrected chi connectivity index (χ0v) is 23.0. The number of carbonyl (C=O) groups is 1. The van der Waals surface area contributed by atoms with E-state index in [1.807, 2.05) is 41.3 Å². The Morgan fingerprint density at radius 2 is 1.68 bits per heavy atom. The molecule has 0 saturated carbocycles. The van der Waals surface area contributed by atoms with Crippen molar-refractivity contribution < 1.29 is 27.8 Å². The van der Waals surface area contributed by atoms with Crippen LogP contribution in [0.3, 0.4) is 0 Å². The number of carboxylic acid groups (broad SMARTS) is 1. The summed E-state index contributed by atoms with van der Waals surface area (Å²) in [6.07, 6.45) is -3.10. The zero-order valence-electron chi connectivity index (χ0n) is 22.2. The minimum Gasteiger partial charge on any atom is -0.480 e. The van der Waals surface area contributed by atoms with Gasteiger partial charge in [-0.1, -0.05) is 84.4 Å². The highest BCUT2D eigenvalue weighted by Gasteiger charge is 2.34. The number of ether oxygens (including phenoxy) is 1. The molecular formula is C31H34ClF3N2O3. The molecule has 1 saturated heterocycles. The Morgan fingerprint density at radius 3 is 2.27 bits per heavy atom. The van der Waals surface area contributed by atoms with Crippen LogP contribution in [0.2, 0.25) is 5.02 Å². The van der Waals surface area contributed by atoms with Gasteiger partial charge in [-0.05, 0) is 35.6 Å². The van der Waals surface area contributed by atoms with Crippen LogP contribution in [0.15, 0.2) is 78.9 Å². The van der Waals surface area contributed by atoms with Crippen LogP contribution in [0.25, 0.3) is 0 Å². The minimum absolute atomic E-state index is 0.00570. The summed E-state index contributed by atoms with van der Waals surface area (Å²) in [5.74, 6) is -0.844. The quantitative estimate of drug-likeness (QED) is 0.234. The number of hydrogen-bond acceptors (Lipinski definition) is 4.